The Hall–Kier alpha value is -1.99. The highest BCUT2D eigenvalue weighted by Crippen LogP contribution is 2.43. The quantitative estimate of drug-likeness (QED) is 0.861. The molecular weight excluding hydrogens is 358 g/mol. The Balaban J connectivity index is 1.73. The zero-order valence-electron chi connectivity index (χ0n) is 15.2. The van der Waals surface area contributed by atoms with Crippen LogP contribution in [0.5, 0.6) is 5.75 Å². The molecule has 2 saturated heterocycles. The van der Waals surface area contributed by atoms with Gasteiger partial charge in [0, 0.05) is 52.7 Å². The van der Waals surface area contributed by atoms with Gasteiger partial charge in [-0.15, -0.1) is 0 Å². The van der Waals surface area contributed by atoms with Crippen molar-refractivity contribution >= 4 is 23.6 Å². The van der Waals surface area contributed by atoms with Gasteiger partial charge in [-0.1, -0.05) is 17.7 Å². The Morgan fingerprint density at radius 1 is 1.35 bits per heavy atom. The first-order chi connectivity index (χ1) is 12.3. The van der Waals surface area contributed by atoms with Crippen molar-refractivity contribution in [3.63, 3.8) is 0 Å². The van der Waals surface area contributed by atoms with E-state index in [9.17, 15) is 14.7 Å². The number of rotatable bonds is 4. The van der Waals surface area contributed by atoms with Gasteiger partial charge in [0.05, 0.1) is 12.1 Å². The second-order valence-electron chi connectivity index (χ2n) is 7.35. The number of aliphatic carboxylic acids is 1. The molecule has 0 unspecified atom stereocenters. The number of halogens is 1. The molecule has 0 radical (unpaired) electrons. The lowest BCUT2D eigenvalue weighted by Crippen LogP contribution is -2.44. The molecule has 0 spiro atoms. The highest BCUT2D eigenvalue weighted by Gasteiger charge is 2.58. The summed E-state index contributed by atoms with van der Waals surface area (Å²) in [6, 6.07) is 5.48. The summed E-state index contributed by atoms with van der Waals surface area (Å²) in [6.07, 6.45) is 0. The van der Waals surface area contributed by atoms with Gasteiger partial charge >= 0.3 is 12.0 Å². The number of likely N-dealkylation sites (tertiary alicyclic amines) is 2. The first-order valence-corrected chi connectivity index (χ1v) is 8.89. The Bertz CT molecular complexity index is 726. The maximum Gasteiger partial charge on any atom is 0.319 e. The summed E-state index contributed by atoms with van der Waals surface area (Å²) in [7, 11) is 4.94. The first kappa shape index (κ1) is 18.8. The van der Waals surface area contributed by atoms with E-state index in [1.165, 1.54) is 4.90 Å². The highest BCUT2D eigenvalue weighted by molar-refractivity contribution is 6.32. The fourth-order valence-electron chi connectivity index (χ4n) is 4.09. The second-order valence-corrected chi connectivity index (χ2v) is 7.76. The minimum Gasteiger partial charge on any atom is -0.495 e. The molecule has 0 saturated carbocycles. The van der Waals surface area contributed by atoms with Crippen molar-refractivity contribution in [2.24, 2.45) is 11.3 Å². The molecule has 0 aromatic heterocycles. The number of benzene rings is 1. The lowest BCUT2D eigenvalue weighted by atomic mass is 9.81. The molecule has 2 fully saturated rings. The molecule has 1 N–H and O–H groups in total. The van der Waals surface area contributed by atoms with Crippen LogP contribution in [-0.2, 0) is 11.3 Å². The predicted molar refractivity (Wildman–Crippen MR) is 97.5 cm³/mol. The molecule has 3 rings (SSSR count). The average molecular weight is 382 g/mol. The van der Waals surface area contributed by atoms with Crippen LogP contribution in [0.3, 0.4) is 0 Å². The first-order valence-electron chi connectivity index (χ1n) is 8.51. The fourth-order valence-corrected chi connectivity index (χ4v) is 4.37. The molecular formula is C18H24ClN3O4. The van der Waals surface area contributed by atoms with Crippen LogP contribution >= 0.6 is 11.6 Å². The van der Waals surface area contributed by atoms with Gasteiger partial charge < -0.3 is 19.6 Å². The summed E-state index contributed by atoms with van der Waals surface area (Å²) in [4.78, 5) is 29.6. The van der Waals surface area contributed by atoms with Crippen LogP contribution in [0, 0.1) is 11.3 Å². The van der Waals surface area contributed by atoms with Crippen molar-refractivity contribution in [2.45, 2.75) is 6.54 Å². The number of urea groups is 1. The number of carbonyl (C=O) groups excluding carboxylic acids is 1. The lowest BCUT2D eigenvalue weighted by molar-refractivity contribution is -0.148. The molecule has 0 aliphatic carbocycles. The molecule has 2 atom stereocenters. The monoisotopic (exact) mass is 381 g/mol. The third-order valence-electron chi connectivity index (χ3n) is 5.38. The number of amides is 2. The van der Waals surface area contributed by atoms with Gasteiger partial charge in [-0.05, 0) is 17.7 Å². The van der Waals surface area contributed by atoms with E-state index in [1.807, 2.05) is 18.2 Å². The van der Waals surface area contributed by atoms with E-state index in [1.54, 1.807) is 26.1 Å². The van der Waals surface area contributed by atoms with Crippen molar-refractivity contribution in [1.29, 1.82) is 0 Å². The molecule has 2 amide bonds. The molecule has 1 aromatic carbocycles. The van der Waals surface area contributed by atoms with Gasteiger partial charge in [0.15, 0.2) is 0 Å². The van der Waals surface area contributed by atoms with Gasteiger partial charge in [-0.25, -0.2) is 4.79 Å². The van der Waals surface area contributed by atoms with Gasteiger partial charge in [0.2, 0.25) is 0 Å². The molecule has 0 bridgehead atoms. The van der Waals surface area contributed by atoms with Crippen LogP contribution < -0.4 is 4.74 Å². The number of carbonyl (C=O) groups is 2. The van der Waals surface area contributed by atoms with Crippen molar-refractivity contribution in [1.82, 2.24) is 14.7 Å². The van der Waals surface area contributed by atoms with E-state index in [0.29, 0.717) is 37.0 Å². The molecule has 2 aliphatic rings. The third kappa shape index (κ3) is 3.21. The number of hydrogen-bond acceptors (Lipinski definition) is 4. The number of methoxy groups -OCH3 is 1. The Morgan fingerprint density at radius 3 is 2.62 bits per heavy atom. The van der Waals surface area contributed by atoms with Gasteiger partial charge in [-0.3, -0.25) is 9.69 Å². The van der Waals surface area contributed by atoms with Crippen LogP contribution in [0.15, 0.2) is 18.2 Å². The van der Waals surface area contributed by atoms with E-state index in [4.69, 9.17) is 16.3 Å². The fraction of sp³-hybridized carbons (Fsp3) is 0.556. The highest BCUT2D eigenvalue weighted by atomic mass is 35.5. The maximum absolute atomic E-state index is 12.2. The van der Waals surface area contributed by atoms with Crippen LogP contribution in [0.2, 0.25) is 5.02 Å². The van der Waals surface area contributed by atoms with Gasteiger partial charge in [0.1, 0.15) is 11.2 Å². The third-order valence-corrected chi connectivity index (χ3v) is 5.68. The van der Waals surface area contributed by atoms with E-state index in [2.05, 4.69) is 4.90 Å². The molecule has 2 heterocycles. The van der Waals surface area contributed by atoms with Crippen LogP contribution in [0.4, 0.5) is 4.79 Å². The summed E-state index contributed by atoms with van der Waals surface area (Å²) >= 11 is 6.19. The Kier molecular flexibility index (Phi) is 5.03. The van der Waals surface area contributed by atoms with Crippen LogP contribution in [-0.4, -0.2) is 79.2 Å². The van der Waals surface area contributed by atoms with E-state index in [0.717, 1.165) is 5.56 Å². The topological polar surface area (TPSA) is 73.3 Å². The van der Waals surface area contributed by atoms with Crippen molar-refractivity contribution < 1.29 is 19.4 Å². The Labute approximate surface area is 158 Å². The lowest BCUT2D eigenvalue weighted by Gasteiger charge is -2.27. The summed E-state index contributed by atoms with van der Waals surface area (Å²) in [5, 5.41) is 10.4. The summed E-state index contributed by atoms with van der Waals surface area (Å²) < 4.78 is 5.17. The number of carboxylic acids is 1. The van der Waals surface area contributed by atoms with Gasteiger partial charge in [0.25, 0.3) is 0 Å². The maximum atomic E-state index is 12.2. The number of nitrogens with zero attached hydrogens (tertiary/aromatic N) is 3. The molecule has 26 heavy (non-hydrogen) atoms. The minimum absolute atomic E-state index is 0.0716. The summed E-state index contributed by atoms with van der Waals surface area (Å²) in [5.74, 6) is -0.280. The molecule has 8 heteroatoms. The molecule has 7 nitrogen and oxygen atoms in total. The number of fused-ring (bicyclic) bond motifs is 1. The summed E-state index contributed by atoms with van der Waals surface area (Å²) in [5.41, 5.74) is 0.111. The van der Waals surface area contributed by atoms with Crippen molar-refractivity contribution in [3.05, 3.63) is 28.8 Å². The predicted octanol–water partition coefficient (Wildman–Crippen LogP) is 1.85. The molecule has 142 valence electrons. The average Bonchev–Trinajstić information content (AvgIpc) is 3.09. The standard InChI is InChI=1S/C18H24ClN3O4/c1-20(2)17(25)22-9-13-8-21(10-18(13,11-22)16(23)24)7-12-4-5-15(26-3)14(19)6-12/h4-6,13H,7-11H2,1-3H3,(H,23,24)/t13-,18-/m1/s1. The van der Waals surface area contributed by atoms with Gasteiger partial charge in [-0.2, -0.15) is 0 Å². The SMILES string of the molecule is COc1ccc(CN2C[C@@H]3CN(C(=O)N(C)C)C[C@]3(C(=O)O)C2)cc1Cl. The second kappa shape index (κ2) is 6.96. The minimum atomic E-state index is -0.901. The largest absolute Gasteiger partial charge is 0.495 e. The van der Waals surface area contributed by atoms with E-state index >= 15 is 0 Å². The zero-order valence-corrected chi connectivity index (χ0v) is 16.0. The number of carboxylic acid groups (broad SMARTS) is 1. The van der Waals surface area contributed by atoms with Crippen LogP contribution in [0.25, 0.3) is 0 Å². The normalized spacial score (nSPS) is 25.2. The molecule has 2 aliphatic heterocycles. The smallest absolute Gasteiger partial charge is 0.319 e. The Morgan fingerprint density at radius 2 is 2.08 bits per heavy atom. The summed E-state index contributed by atoms with van der Waals surface area (Å²) in [6.45, 7) is 2.42. The van der Waals surface area contributed by atoms with Crippen molar-refractivity contribution in [2.75, 3.05) is 47.4 Å². The van der Waals surface area contributed by atoms with Crippen LogP contribution in [0.1, 0.15) is 5.56 Å². The van der Waals surface area contributed by atoms with E-state index in [-0.39, 0.29) is 18.5 Å². The molecule has 1 aromatic rings. The zero-order chi connectivity index (χ0) is 19.1. The number of ether oxygens (including phenoxy) is 1. The number of hydrogen-bond donors (Lipinski definition) is 1. The van der Waals surface area contributed by atoms with E-state index < -0.39 is 11.4 Å². The van der Waals surface area contributed by atoms with Crippen molar-refractivity contribution in [3.8, 4) is 5.75 Å².